The van der Waals surface area contributed by atoms with Crippen molar-refractivity contribution in [1.82, 2.24) is 0 Å². The smallest absolute Gasteiger partial charge is 0.155 e. The van der Waals surface area contributed by atoms with Gasteiger partial charge in [-0.15, -0.1) is 0 Å². The first-order chi connectivity index (χ1) is 13.0. The number of allylic oxidation sites excluding steroid dienone is 1. The van der Waals surface area contributed by atoms with Crippen LogP contribution < -0.4 is 0 Å². The van der Waals surface area contributed by atoms with Crippen molar-refractivity contribution in [3.63, 3.8) is 0 Å². The van der Waals surface area contributed by atoms with Crippen molar-refractivity contribution in [3.05, 3.63) is 23.3 Å². The lowest BCUT2D eigenvalue weighted by molar-refractivity contribution is -0.375. The number of carbonyl (C=O) groups is 1. The molecule has 1 fully saturated rings. The third kappa shape index (κ3) is 2.63. The van der Waals surface area contributed by atoms with Crippen LogP contribution in [0.3, 0.4) is 0 Å². The number of fused-ring (bicyclic) bond motifs is 1. The summed E-state index contributed by atoms with van der Waals surface area (Å²) in [5.41, 5.74) is -1.27. The van der Waals surface area contributed by atoms with Crippen molar-refractivity contribution in [2.45, 2.75) is 72.5 Å². The zero-order valence-electron chi connectivity index (χ0n) is 18.0. The molecule has 0 saturated heterocycles. The third-order valence-electron chi connectivity index (χ3n) is 8.01. The Hall–Kier alpha value is -1.01. The number of aliphatic hydroxyl groups excluding tert-OH is 2. The van der Waals surface area contributed by atoms with Crippen LogP contribution in [0.1, 0.15) is 60.8 Å². The summed E-state index contributed by atoms with van der Waals surface area (Å²) >= 11 is 0. The largest absolute Gasteiger partial charge is 0.392 e. The normalized spacial score (nSPS) is 43.8. The molecule has 3 aliphatic carbocycles. The second-order valence-electron chi connectivity index (χ2n) is 10.3. The third-order valence-corrected chi connectivity index (χ3v) is 8.01. The molecule has 0 aliphatic heterocycles. The molecule has 5 heteroatoms. The van der Waals surface area contributed by atoms with Gasteiger partial charge in [-0.05, 0) is 49.0 Å². The highest BCUT2D eigenvalue weighted by atomic mass is 17.1. The topological polar surface area (TPSA) is 87.0 Å². The average Bonchev–Trinajstić information content (AvgIpc) is 2.81. The van der Waals surface area contributed by atoms with Gasteiger partial charge in [-0.25, -0.2) is 4.89 Å². The van der Waals surface area contributed by atoms with E-state index in [0.29, 0.717) is 24.3 Å². The van der Waals surface area contributed by atoms with Gasteiger partial charge in [0.1, 0.15) is 6.10 Å². The average molecular weight is 393 g/mol. The molecule has 3 N–H and O–H groups in total. The molecular weight excluding hydrogens is 356 g/mol. The fourth-order valence-corrected chi connectivity index (χ4v) is 6.51. The minimum absolute atomic E-state index is 0.00130. The van der Waals surface area contributed by atoms with Crippen molar-refractivity contribution in [2.24, 2.45) is 34.5 Å². The van der Waals surface area contributed by atoms with Gasteiger partial charge in [0.2, 0.25) is 0 Å². The first-order valence-electron chi connectivity index (χ1n) is 10.6. The van der Waals surface area contributed by atoms with Crippen LogP contribution in [-0.2, 0) is 9.68 Å². The van der Waals surface area contributed by atoms with Crippen molar-refractivity contribution < 1.29 is 25.2 Å². The van der Waals surface area contributed by atoms with Crippen LogP contribution in [0.4, 0.5) is 0 Å². The van der Waals surface area contributed by atoms with E-state index in [0.717, 1.165) is 12.0 Å². The Bertz CT molecular complexity index is 702. The summed E-state index contributed by atoms with van der Waals surface area (Å²) in [6.07, 6.45) is 4.58. The van der Waals surface area contributed by atoms with Crippen molar-refractivity contribution >= 4 is 5.78 Å². The molecule has 28 heavy (non-hydrogen) atoms. The highest BCUT2D eigenvalue weighted by Crippen LogP contribution is 2.64. The second-order valence-corrected chi connectivity index (χ2v) is 10.3. The Morgan fingerprint density at radius 1 is 1.29 bits per heavy atom. The Labute approximate surface area is 168 Å². The molecule has 0 aromatic carbocycles. The summed E-state index contributed by atoms with van der Waals surface area (Å²) < 4.78 is 0. The first kappa shape index (κ1) is 21.7. The standard InChI is InChI=1S/C23H36O5/c1-7-18-13(2)11-22-14(3)8-17(21(4,5)6)10-15(19(22)25)9-16(12-24)20(26)23(18,22)28-27/h9,11,14-15,17-18,20,24,26-27H,7-8,10,12H2,1-6H3. The maximum absolute atomic E-state index is 14.0. The molecule has 0 aromatic heterocycles. The number of carbonyl (C=O) groups excluding carboxylic acids is 1. The summed E-state index contributed by atoms with van der Waals surface area (Å²) in [6, 6.07) is 0. The van der Waals surface area contributed by atoms with E-state index in [1.54, 1.807) is 6.08 Å². The van der Waals surface area contributed by atoms with E-state index in [2.05, 4.69) is 20.8 Å². The number of ketones is 1. The van der Waals surface area contributed by atoms with Gasteiger partial charge in [0.05, 0.1) is 12.0 Å². The van der Waals surface area contributed by atoms with Crippen LogP contribution in [-0.4, -0.2) is 39.6 Å². The van der Waals surface area contributed by atoms with Gasteiger partial charge < -0.3 is 10.2 Å². The van der Waals surface area contributed by atoms with Crippen LogP contribution in [0.2, 0.25) is 0 Å². The molecular formula is C23H36O5. The zero-order chi connectivity index (χ0) is 21.1. The molecule has 1 spiro atoms. The van der Waals surface area contributed by atoms with E-state index in [-0.39, 0.29) is 29.6 Å². The van der Waals surface area contributed by atoms with Crippen LogP contribution >= 0.6 is 0 Å². The summed E-state index contributed by atoms with van der Waals surface area (Å²) in [6.45, 7) is 12.2. The maximum Gasteiger partial charge on any atom is 0.155 e. The maximum atomic E-state index is 14.0. The van der Waals surface area contributed by atoms with Crippen LogP contribution in [0.5, 0.6) is 0 Å². The lowest BCUT2D eigenvalue weighted by Gasteiger charge is -2.50. The Balaban J connectivity index is 2.33. The highest BCUT2D eigenvalue weighted by Gasteiger charge is 2.72. The molecule has 7 unspecified atom stereocenters. The Morgan fingerprint density at radius 2 is 1.93 bits per heavy atom. The van der Waals surface area contributed by atoms with E-state index < -0.39 is 23.0 Å². The fourth-order valence-electron chi connectivity index (χ4n) is 6.51. The van der Waals surface area contributed by atoms with Gasteiger partial charge in [0.25, 0.3) is 0 Å². The van der Waals surface area contributed by atoms with E-state index >= 15 is 0 Å². The molecule has 158 valence electrons. The summed E-state index contributed by atoms with van der Waals surface area (Å²) in [5.74, 6) is -0.540. The molecule has 3 rings (SSSR count). The predicted octanol–water partition coefficient (Wildman–Crippen LogP) is 3.76. The van der Waals surface area contributed by atoms with Crippen molar-refractivity contribution in [3.8, 4) is 0 Å². The van der Waals surface area contributed by atoms with Gasteiger partial charge in [0, 0.05) is 11.8 Å². The lowest BCUT2D eigenvalue weighted by atomic mass is 9.57. The number of rotatable bonds is 3. The number of Topliss-reactive ketones (excluding diaryl/α,β-unsaturated/α-hetero) is 1. The van der Waals surface area contributed by atoms with E-state index in [9.17, 15) is 20.3 Å². The van der Waals surface area contributed by atoms with Crippen LogP contribution in [0, 0.1) is 34.5 Å². The zero-order valence-corrected chi connectivity index (χ0v) is 18.0. The molecule has 5 nitrogen and oxygen atoms in total. The number of hydrogen-bond acceptors (Lipinski definition) is 5. The van der Waals surface area contributed by atoms with E-state index in [1.165, 1.54) is 0 Å². The van der Waals surface area contributed by atoms with E-state index in [4.69, 9.17) is 4.89 Å². The molecule has 3 aliphatic rings. The molecule has 1 saturated carbocycles. The fraction of sp³-hybridized carbons (Fsp3) is 0.783. The quantitative estimate of drug-likeness (QED) is 0.387. The van der Waals surface area contributed by atoms with Gasteiger partial charge in [-0.2, -0.15) is 0 Å². The van der Waals surface area contributed by atoms with Crippen LogP contribution in [0.25, 0.3) is 0 Å². The molecule has 2 bridgehead atoms. The van der Waals surface area contributed by atoms with Gasteiger partial charge in [-0.1, -0.05) is 52.3 Å². The minimum atomic E-state index is -1.50. The first-order valence-corrected chi connectivity index (χ1v) is 10.6. The SMILES string of the molecule is CCC1C(C)=CC23C(=O)C(C=C(CO)C(O)C12OO)CC(C(C)(C)C)CC3C. The highest BCUT2D eigenvalue weighted by molar-refractivity contribution is 5.94. The molecule has 0 amide bonds. The van der Waals surface area contributed by atoms with Crippen molar-refractivity contribution in [2.75, 3.05) is 6.61 Å². The second kappa shape index (κ2) is 7.05. The van der Waals surface area contributed by atoms with Gasteiger partial charge >= 0.3 is 0 Å². The van der Waals surface area contributed by atoms with E-state index in [1.807, 2.05) is 26.8 Å². The molecule has 0 heterocycles. The molecule has 7 atom stereocenters. The molecule has 0 aromatic rings. The van der Waals surface area contributed by atoms with Gasteiger partial charge in [-0.3, -0.25) is 10.1 Å². The Kier molecular flexibility index (Phi) is 5.46. The minimum Gasteiger partial charge on any atom is -0.392 e. The summed E-state index contributed by atoms with van der Waals surface area (Å²) in [5, 5.41) is 31.7. The Morgan fingerprint density at radius 3 is 2.43 bits per heavy atom. The monoisotopic (exact) mass is 392 g/mol. The van der Waals surface area contributed by atoms with Crippen LogP contribution in [0.15, 0.2) is 23.3 Å². The summed E-state index contributed by atoms with van der Waals surface area (Å²) in [4.78, 5) is 19.3. The number of aliphatic hydroxyl groups is 2. The molecule has 0 radical (unpaired) electrons. The number of hydrogen-bond donors (Lipinski definition) is 3. The lowest BCUT2D eigenvalue weighted by Crippen LogP contribution is -2.64. The van der Waals surface area contributed by atoms with Crippen molar-refractivity contribution in [1.29, 1.82) is 0 Å². The summed E-state index contributed by atoms with van der Waals surface area (Å²) in [7, 11) is 0. The van der Waals surface area contributed by atoms with Gasteiger partial charge in [0.15, 0.2) is 11.4 Å². The predicted molar refractivity (Wildman–Crippen MR) is 107 cm³/mol.